The first-order chi connectivity index (χ1) is 11.6. The molecule has 0 radical (unpaired) electrons. The number of aromatic nitrogens is 4. The summed E-state index contributed by atoms with van der Waals surface area (Å²) >= 11 is 1.54. The van der Waals surface area contributed by atoms with Crippen molar-refractivity contribution in [2.24, 2.45) is 0 Å². The number of hydrogen-bond acceptors (Lipinski definition) is 6. The first kappa shape index (κ1) is 16.6. The van der Waals surface area contributed by atoms with Crippen LogP contribution in [0.5, 0.6) is 0 Å². The van der Waals surface area contributed by atoms with Crippen molar-refractivity contribution >= 4 is 23.2 Å². The second-order valence-electron chi connectivity index (χ2n) is 5.83. The molecule has 1 atom stereocenters. The Bertz CT molecular complexity index is 693. The van der Waals surface area contributed by atoms with E-state index in [1.54, 1.807) is 18.3 Å². The van der Waals surface area contributed by atoms with Crippen molar-refractivity contribution in [3.8, 4) is 11.4 Å². The Morgan fingerprint density at radius 2 is 2.12 bits per heavy atom. The third-order valence-corrected chi connectivity index (χ3v) is 4.62. The second-order valence-corrected chi connectivity index (χ2v) is 6.61. The number of carbonyl (C=O) groups is 2. The van der Waals surface area contributed by atoms with Gasteiger partial charge < -0.3 is 10.2 Å². The zero-order valence-corrected chi connectivity index (χ0v) is 14.3. The van der Waals surface area contributed by atoms with Crippen LogP contribution in [-0.2, 0) is 16.1 Å². The first-order valence-corrected chi connectivity index (χ1v) is 8.96. The summed E-state index contributed by atoms with van der Waals surface area (Å²) in [4.78, 5) is 27.5. The molecule has 0 spiro atoms. The number of tetrazole rings is 1. The van der Waals surface area contributed by atoms with Crippen LogP contribution in [-0.4, -0.2) is 56.1 Å². The van der Waals surface area contributed by atoms with E-state index in [0.717, 1.165) is 37.9 Å². The molecule has 9 heteroatoms. The van der Waals surface area contributed by atoms with E-state index in [2.05, 4.69) is 20.7 Å². The quantitative estimate of drug-likeness (QED) is 0.867. The molecule has 1 fully saturated rings. The fourth-order valence-corrected chi connectivity index (χ4v) is 3.32. The van der Waals surface area contributed by atoms with Gasteiger partial charge in [-0.1, -0.05) is 0 Å². The number of nitrogens with one attached hydrogen (secondary N) is 1. The summed E-state index contributed by atoms with van der Waals surface area (Å²) in [5, 5.41) is 18.5. The molecule has 2 aromatic heterocycles. The van der Waals surface area contributed by atoms with Gasteiger partial charge in [-0.2, -0.15) is 16.1 Å². The van der Waals surface area contributed by atoms with E-state index in [4.69, 9.17) is 0 Å². The zero-order chi connectivity index (χ0) is 16.9. The van der Waals surface area contributed by atoms with Crippen molar-refractivity contribution < 1.29 is 9.59 Å². The molecule has 0 saturated carbocycles. The van der Waals surface area contributed by atoms with Crippen LogP contribution in [0.3, 0.4) is 0 Å². The molecule has 3 rings (SSSR count). The van der Waals surface area contributed by atoms with Crippen LogP contribution in [0, 0.1) is 0 Å². The standard InChI is InChI=1S/C15H20N6O2S/c1-11(15(23)20-6-3-2-4-7-20)16-13(22)9-21-18-14(17-19-21)12-5-8-24-10-12/h5,8,10-11H,2-4,6-7,9H2,1H3,(H,16,22). The lowest BCUT2D eigenvalue weighted by Crippen LogP contribution is -2.49. The van der Waals surface area contributed by atoms with Gasteiger partial charge in [-0.25, -0.2) is 0 Å². The summed E-state index contributed by atoms with van der Waals surface area (Å²) < 4.78 is 0. The topological polar surface area (TPSA) is 93.0 Å². The van der Waals surface area contributed by atoms with Crippen molar-refractivity contribution in [1.82, 2.24) is 30.4 Å². The maximum atomic E-state index is 12.3. The molecule has 0 aliphatic carbocycles. The van der Waals surface area contributed by atoms with Crippen molar-refractivity contribution in [3.05, 3.63) is 16.8 Å². The molecule has 3 heterocycles. The summed E-state index contributed by atoms with van der Waals surface area (Å²) in [7, 11) is 0. The van der Waals surface area contributed by atoms with E-state index < -0.39 is 6.04 Å². The van der Waals surface area contributed by atoms with Crippen LogP contribution < -0.4 is 5.32 Å². The van der Waals surface area contributed by atoms with Gasteiger partial charge in [0.2, 0.25) is 17.6 Å². The molecular weight excluding hydrogens is 328 g/mol. The van der Waals surface area contributed by atoms with Crippen molar-refractivity contribution in [3.63, 3.8) is 0 Å². The number of nitrogens with zero attached hydrogens (tertiary/aromatic N) is 5. The highest BCUT2D eigenvalue weighted by atomic mass is 32.1. The third kappa shape index (κ3) is 3.97. The van der Waals surface area contributed by atoms with E-state index in [1.165, 1.54) is 4.80 Å². The number of amides is 2. The van der Waals surface area contributed by atoms with Gasteiger partial charge in [0.05, 0.1) is 0 Å². The van der Waals surface area contributed by atoms with Crippen LogP contribution in [0.25, 0.3) is 11.4 Å². The molecular formula is C15H20N6O2S. The van der Waals surface area contributed by atoms with Crippen LogP contribution in [0.1, 0.15) is 26.2 Å². The molecule has 1 N–H and O–H groups in total. The summed E-state index contributed by atoms with van der Waals surface area (Å²) in [5.74, 6) is 0.150. The maximum absolute atomic E-state index is 12.3. The number of piperidine rings is 1. The van der Waals surface area contributed by atoms with Gasteiger partial charge >= 0.3 is 0 Å². The number of likely N-dealkylation sites (tertiary alicyclic amines) is 1. The third-order valence-electron chi connectivity index (χ3n) is 3.93. The molecule has 0 bridgehead atoms. The highest BCUT2D eigenvalue weighted by Crippen LogP contribution is 2.16. The molecule has 2 aromatic rings. The number of carbonyl (C=O) groups excluding carboxylic acids is 2. The van der Waals surface area contributed by atoms with Gasteiger partial charge in [0.15, 0.2) is 0 Å². The zero-order valence-electron chi connectivity index (χ0n) is 13.5. The number of rotatable bonds is 5. The Morgan fingerprint density at radius 3 is 2.83 bits per heavy atom. The summed E-state index contributed by atoms with van der Waals surface area (Å²) in [6, 6.07) is 1.35. The Labute approximate surface area is 143 Å². The monoisotopic (exact) mass is 348 g/mol. The lowest BCUT2D eigenvalue weighted by Gasteiger charge is -2.29. The predicted molar refractivity (Wildman–Crippen MR) is 89.2 cm³/mol. The van der Waals surface area contributed by atoms with Gasteiger partial charge in [-0.3, -0.25) is 9.59 Å². The molecule has 8 nitrogen and oxygen atoms in total. The second kappa shape index (κ2) is 7.52. The van der Waals surface area contributed by atoms with Gasteiger partial charge in [-0.15, -0.1) is 10.2 Å². The Kier molecular flexibility index (Phi) is 5.19. The van der Waals surface area contributed by atoms with Crippen LogP contribution >= 0.6 is 11.3 Å². The van der Waals surface area contributed by atoms with Crippen molar-refractivity contribution in [2.75, 3.05) is 13.1 Å². The maximum Gasteiger partial charge on any atom is 0.244 e. The summed E-state index contributed by atoms with van der Waals surface area (Å²) in [6.45, 7) is 3.19. The fraction of sp³-hybridized carbons (Fsp3) is 0.533. The first-order valence-electron chi connectivity index (χ1n) is 8.02. The summed E-state index contributed by atoms with van der Waals surface area (Å²) in [5.41, 5.74) is 0.875. The lowest BCUT2D eigenvalue weighted by atomic mass is 10.1. The minimum Gasteiger partial charge on any atom is -0.343 e. The molecule has 1 aliphatic heterocycles. The normalized spacial score (nSPS) is 16.0. The minimum absolute atomic E-state index is 0.0337. The highest BCUT2D eigenvalue weighted by Gasteiger charge is 2.23. The predicted octanol–water partition coefficient (Wildman–Crippen LogP) is 0.919. The molecule has 0 aromatic carbocycles. The molecule has 128 valence electrons. The van der Waals surface area contributed by atoms with Crippen molar-refractivity contribution in [1.29, 1.82) is 0 Å². The molecule has 24 heavy (non-hydrogen) atoms. The Balaban J connectivity index is 1.52. The van der Waals surface area contributed by atoms with E-state index in [0.29, 0.717) is 5.82 Å². The van der Waals surface area contributed by atoms with Crippen LogP contribution in [0.4, 0.5) is 0 Å². The lowest BCUT2D eigenvalue weighted by molar-refractivity contribution is -0.136. The van der Waals surface area contributed by atoms with E-state index in [9.17, 15) is 9.59 Å². The highest BCUT2D eigenvalue weighted by molar-refractivity contribution is 7.08. The minimum atomic E-state index is -0.546. The molecule has 2 amide bonds. The number of thiophene rings is 1. The van der Waals surface area contributed by atoms with Crippen LogP contribution in [0.2, 0.25) is 0 Å². The van der Waals surface area contributed by atoms with Crippen LogP contribution in [0.15, 0.2) is 16.8 Å². The van der Waals surface area contributed by atoms with Gasteiger partial charge in [0.1, 0.15) is 12.6 Å². The van der Waals surface area contributed by atoms with E-state index in [-0.39, 0.29) is 18.4 Å². The molecule has 1 unspecified atom stereocenters. The Hall–Kier alpha value is -2.29. The average Bonchev–Trinajstić information content (AvgIpc) is 3.26. The van der Waals surface area contributed by atoms with Gasteiger partial charge in [-0.05, 0) is 42.8 Å². The van der Waals surface area contributed by atoms with E-state index in [1.807, 2.05) is 21.7 Å². The van der Waals surface area contributed by atoms with E-state index >= 15 is 0 Å². The average molecular weight is 348 g/mol. The molecule has 1 aliphatic rings. The fourth-order valence-electron chi connectivity index (χ4n) is 2.68. The smallest absolute Gasteiger partial charge is 0.244 e. The van der Waals surface area contributed by atoms with Gasteiger partial charge in [0.25, 0.3) is 0 Å². The largest absolute Gasteiger partial charge is 0.343 e. The van der Waals surface area contributed by atoms with Gasteiger partial charge in [0, 0.05) is 24.0 Å². The van der Waals surface area contributed by atoms with Crippen molar-refractivity contribution in [2.45, 2.75) is 38.8 Å². The number of hydrogen-bond donors (Lipinski definition) is 1. The molecule has 1 saturated heterocycles. The Morgan fingerprint density at radius 1 is 1.33 bits per heavy atom. The SMILES string of the molecule is CC(NC(=O)Cn1nnc(-c2ccsc2)n1)C(=O)N1CCCCC1. The summed E-state index contributed by atoms with van der Waals surface area (Å²) in [6.07, 6.45) is 3.22.